The average Bonchev–Trinajstić information content (AvgIpc) is 2.34. The van der Waals surface area contributed by atoms with Crippen LogP contribution >= 0.6 is 0 Å². The first-order valence-electron chi connectivity index (χ1n) is 6.25. The van der Waals surface area contributed by atoms with E-state index in [4.69, 9.17) is 9.47 Å². The van der Waals surface area contributed by atoms with Gasteiger partial charge in [0.2, 0.25) is 0 Å². The normalized spacial score (nSPS) is 12.1. The predicted molar refractivity (Wildman–Crippen MR) is 72.0 cm³/mol. The Morgan fingerprint density at radius 2 is 1.94 bits per heavy atom. The molecule has 0 N–H and O–H groups in total. The Labute approximate surface area is 109 Å². The number of rotatable bonds is 5. The number of esters is 1. The minimum Gasteiger partial charge on any atom is -0.496 e. The summed E-state index contributed by atoms with van der Waals surface area (Å²) in [4.78, 5) is 11.7. The molecule has 0 saturated carbocycles. The van der Waals surface area contributed by atoms with Gasteiger partial charge in [0.25, 0.3) is 0 Å². The summed E-state index contributed by atoms with van der Waals surface area (Å²) in [6.07, 6.45) is 1.43. The molecule has 0 aliphatic heterocycles. The molecule has 0 aromatic heterocycles. The molecule has 0 spiro atoms. The molecule has 0 saturated heterocycles. The van der Waals surface area contributed by atoms with Gasteiger partial charge in [-0.3, -0.25) is 4.79 Å². The van der Waals surface area contributed by atoms with Crippen LogP contribution in [0.2, 0.25) is 0 Å². The second kappa shape index (κ2) is 6.43. The number of hydrogen-bond donors (Lipinski definition) is 0. The SMILES string of the molecule is CCC(Cc1cc(C)cc(C)c1OC)C(=O)OC. The molecule has 1 aromatic rings. The Morgan fingerprint density at radius 1 is 1.28 bits per heavy atom. The molecule has 18 heavy (non-hydrogen) atoms. The summed E-state index contributed by atoms with van der Waals surface area (Å²) in [5.74, 6) is 0.617. The fraction of sp³-hybridized carbons (Fsp3) is 0.533. The number of carbonyl (C=O) groups is 1. The maximum Gasteiger partial charge on any atom is 0.308 e. The van der Waals surface area contributed by atoms with Crippen molar-refractivity contribution in [3.63, 3.8) is 0 Å². The van der Waals surface area contributed by atoms with E-state index in [-0.39, 0.29) is 11.9 Å². The van der Waals surface area contributed by atoms with Gasteiger partial charge in [-0.05, 0) is 37.8 Å². The Kier molecular flexibility index (Phi) is 5.20. The molecular weight excluding hydrogens is 228 g/mol. The second-order valence-corrected chi connectivity index (χ2v) is 4.61. The van der Waals surface area contributed by atoms with E-state index in [0.717, 1.165) is 23.3 Å². The average molecular weight is 250 g/mol. The summed E-state index contributed by atoms with van der Waals surface area (Å²) in [6, 6.07) is 4.17. The fourth-order valence-corrected chi connectivity index (χ4v) is 2.31. The molecule has 1 rings (SSSR count). The van der Waals surface area contributed by atoms with Gasteiger partial charge in [-0.1, -0.05) is 24.6 Å². The fourth-order valence-electron chi connectivity index (χ4n) is 2.31. The van der Waals surface area contributed by atoms with Crippen molar-refractivity contribution in [3.8, 4) is 5.75 Å². The van der Waals surface area contributed by atoms with Crippen LogP contribution in [-0.4, -0.2) is 20.2 Å². The second-order valence-electron chi connectivity index (χ2n) is 4.61. The summed E-state index contributed by atoms with van der Waals surface area (Å²) < 4.78 is 10.3. The van der Waals surface area contributed by atoms with E-state index in [0.29, 0.717) is 6.42 Å². The monoisotopic (exact) mass is 250 g/mol. The zero-order valence-corrected chi connectivity index (χ0v) is 11.9. The molecule has 0 radical (unpaired) electrons. The summed E-state index contributed by atoms with van der Waals surface area (Å²) >= 11 is 0. The van der Waals surface area contributed by atoms with Crippen LogP contribution < -0.4 is 4.74 Å². The van der Waals surface area contributed by atoms with Crippen molar-refractivity contribution in [1.29, 1.82) is 0 Å². The molecule has 3 nitrogen and oxygen atoms in total. The van der Waals surface area contributed by atoms with E-state index in [1.807, 2.05) is 13.8 Å². The first-order chi connectivity index (χ1) is 8.53. The first kappa shape index (κ1) is 14.6. The standard InChI is InChI=1S/C15H22O3/c1-6-12(15(16)18-5)9-13-8-10(2)7-11(3)14(13)17-4/h7-8,12H,6,9H2,1-5H3. The summed E-state index contributed by atoms with van der Waals surface area (Å²) in [6.45, 7) is 6.07. The number of ether oxygens (including phenoxy) is 2. The number of benzene rings is 1. The Morgan fingerprint density at radius 3 is 2.44 bits per heavy atom. The van der Waals surface area contributed by atoms with E-state index >= 15 is 0 Å². The van der Waals surface area contributed by atoms with Crippen molar-refractivity contribution in [2.45, 2.75) is 33.6 Å². The van der Waals surface area contributed by atoms with Crippen LogP contribution in [0.25, 0.3) is 0 Å². The van der Waals surface area contributed by atoms with Crippen LogP contribution in [0.4, 0.5) is 0 Å². The maximum atomic E-state index is 11.7. The van der Waals surface area contributed by atoms with Crippen molar-refractivity contribution in [2.24, 2.45) is 5.92 Å². The summed E-state index contributed by atoms with van der Waals surface area (Å²) in [7, 11) is 3.10. The van der Waals surface area contributed by atoms with Gasteiger partial charge >= 0.3 is 5.97 Å². The van der Waals surface area contributed by atoms with Crippen LogP contribution in [0, 0.1) is 19.8 Å². The van der Waals surface area contributed by atoms with Crippen molar-refractivity contribution >= 4 is 5.97 Å². The molecule has 1 unspecified atom stereocenters. The van der Waals surface area contributed by atoms with Gasteiger partial charge in [-0.25, -0.2) is 0 Å². The Balaban J connectivity index is 3.05. The van der Waals surface area contributed by atoms with Crippen molar-refractivity contribution in [1.82, 2.24) is 0 Å². The van der Waals surface area contributed by atoms with Gasteiger partial charge in [0.15, 0.2) is 0 Å². The lowest BCUT2D eigenvalue weighted by Gasteiger charge is -2.17. The Bertz CT molecular complexity index is 424. The zero-order valence-electron chi connectivity index (χ0n) is 11.9. The summed E-state index contributed by atoms with van der Waals surface area (Å²) in [5.41, 5.74) is 3.36. The lowest BCUT2D eigenvalue weighted by atomic mass is 9.94. The van der Waals surface area contributed by atoms with Gasteiger partial charge < -0.3 is 9.47 Å². The van der Waals surface area contributed by atoms with Gasteiger partial charge in [0, 0.05) is 0 Å². The molecule has 0 amide bonds. The van der Waals surface area contributed by atoms with E-state index in [9.17, 15) is 4.79 Å². The predicted octanol–water partition coefficient (Wildman–Crippen LogP) is 3.05. The molecule has 100 valence electrons. The molecule has 0 heterocycles. The Hall–Kier alpha value is -1.51. The van der Waals surface area contributed by atoms with E-state index in [1.165, 1.54) is 12.7 Å². The van der Waals surface area contributed by atoms with Gasteiger partial charge in [0.1, 0.15) is 5.75 Å². The molecule has 1 atom stereocenters. The van der Waals surface area contributed by atoms with Gasteiger partial charge in [-0.2, -0.15) is 0 Å². The van der Waals surface area contributed by atoms with Crippen LogP contribution in [0.1, 0.15) is 30.0 Å². The van der Waals surface area contributed by atoms with Crippen molar-refractivity contribution in [2.75, 3.05) is 14.2 Å². The molecular formula is C15H22O3. The molecule has 0 fully saturated rings. The maximum absolute atomic E-state index is 11.7. The van der Waals surface area contributed by atoms with Gasteiger partial charge in [-0.15, -0.1) is 0 Å². The minimum atomic E-state index is -0.154. The molecule has 0 bridgehead atoms. The van der Waals surface area contributed by atoms with E-state index in [2.05, 4.69) is 19.1 Å². The van der Waals surface area contributed by atoms with E-state index < -0.39 is 0 Å². The lowest BCUT2D eigenvalue weighted by Crippen LogP contribution is -2.18. The van der Waals surface area contributed by atoms with Crippen LogP contribution in [0.3, 0.4) is 0 Å². The largest absolute Gasteiger partial charge is 0.496 e. The summed E-state index contributed by atoms with van der Waals surface area (Å²) in [5, 5.41) is 0. The highest BCUT2D eigenvalue weighted by Crippen LogP contribution is 2.28. The third kappa shape index (κ3) is 3.25. The molecule has 0 aliphatic rings. The van der Waals surface area contributed by atoms with Gasteiger partial charge in [0.05, 0.1) is 20.1 Å². The molecule has 0 aliphatic carbocycles. The van der Waals surface area contributed by atoms with Crippen molar-refractivity contribution in [3.05, 3.63) is 28.8 Å². The van der Waals surface area contributed by atoms with Crippen LogP contribution in [0.5, 0.6) is 5.75 Å². The van der Waals surface area contributed by atoms with Crippen LogP contribution in [-0.2, 0) is 16.0 Å². The number of hydrogen-bond acceptors (Lipinski definition) is 3. The molecule has 3 heteroatoms. The number of carbonyl (C=O) groups excluding carboxylic acids is 1. The quantitative estimate of drug-likeness (QED) is 0.753. The first-order valence-corrected chi connectivity index (χ1v) is 6.25. The third-order valence-corrected chi connectivity index (χ3v) is 3.19. The minimum absolute atomic E-state index is 0.106. The highest BCUT2D eigenvalue weighted by Gasteiger charge is 2.20. The van der Waals surface area contributed by atoms with Crippen LogP contribution in [0.15, 0.2) is 12.1 Å². The molecule has 1 aromatic carbocycles. The lowest BCUT2D eigenvalue weighted by molar-refractivity contribution is -0.145. The smallest absolute Gasteiger partial charge is 0.308 e. The number of aryl methyl sites for hydroxylation is 2. The third-order valence-electron chi connectivity index (χ3n) is 3.19. The van der Waals surface area contributed by atoms with Crippen molar-refractivity contribution < 1.29 is 14.3 Å². The van der Waals surface area contributed by atoms with E-state index in [1.54, 1.807) is 7.11 Å². The highest BCUT2D eigenvalue weighted by atomic mass is 16.5. The highest BCUT2D eigenvalue weighted by molar-refractivity contribution is 5.72. The topological polar surface area (TPSA) is 35.5 Å². The number of methoxy groups -OCH3 is 2. The zero-order chi connectivity index (χ0) is 13.7.